The first-order valence-electron chi connectivity index (χ1n) is 10.5. The molecule has 2 aliphatic heterocycles. The summed E-state index contributed by atoms with van der Waals surface area (Å²) in [6.07, 6.45) is 0. The second-order valence-corrected chi connectivity index (χ2v) is 8.77. The maximum Gasteiger partial charge on any atom is 0.291 e. The lowest BCUT2D eigenvalue weighted by Crippen LogP contribution is -2.61. The van der Waals surface area contributed by atoms with E-state index in [2.05, 4.69) is 0 Å². The van der Waals surface area contributed by atoms with Crippen LogP contribution < -0.4 is 9.75 Å². The number of hydrogen-bond acceptors (Lipinski definition) is 7. The molecule has 1 amide bonds. The topological polar surface area (TPSA) is 60.7 Å². The van der Waals surface area contributed by atoms with Gasteiger partial charge in [0.2, 0.25) is 5.91 Å². The minimum absolute atomic E-state index is 0.177. The number of amidine groups is 1. The number of benzene rings is 3. The Hall–Kier alpha value is -3.78. The van der Waals surface area contributed by atoms with Crippen LogP contribution in [0.5, 0.6) is 5.75 Å². The fourth-order valence-corrected chi connectivity index (χ4v) is 5.31. The average Bonchev–Trinajstić information content (AvgIpc) is 3.40. The Bertz CT molecular complexity index is 1230. The molecule has 8 heteroatoms. The first-order chi connectivity index (χ1) is 16.0. The van der Waals surface area contributed by atoms with E-state index < -0.39 is 5.12 Å². The van der Waals surface area contributed by atoms with Gasteiger partial charge in [-0.3, -0.25) is 4.79 Å². The number of anilines is 1. The fraction of sp³-hybridized carbons (Fsp3) is 0.160. The van der Waals surface area contributed by atoms with Crippen molar-refractivity contribution in [1.82, 2.24) is 9.91 Å². The number of rotatable bonds is 4. The van der Waals surface area contributed by atoms with E-state index in [-0.39, 0.29) is 5.91 Å². The molecule has 7 nitrogen and oxygen atoms in total. The van der Waals surface area contributed by atoms with Crippen LogP contribution in [-0.2, 0) is 4.79 Å². The van der Waals surface area contributed by atoms with Gasteiger partial charge in [0, 0.05) is 25.1 Å². The second-order valence-electron chi connectivity index (χ2n) is 7.64. The monoisotopic (exact) mass is 457 g/mol. The molecule has 5 rings (SSSR count). The molecule has 3 aromatic rings. The highest BCUT2D eigenvalue weighted by molar-refractivity contribution is 8.15. The summed E-state index contributed by atoms with van der Waals surface area (Å²) in [4.78, 5) is 14.9. The van der Waals surface area contributed by atoms with Crippen LogP contribution in [0, 0.1) is 0 Å². The third-order valence-electron chi connectivity index (χ3n) is 5.59. The minimum atomic E-state index is -1.02. The highest BCUT2D eigenvalue weighted by Crippen LogP contribution is 2.49. The van der Waals surface area contributed by atoms with Crippen LogP contribution in [0.4, 0.5) is 5.69 Å². The van der Waals surface area contributed by atoms with Crippen LogP contribution >= 0.6 is 11.8 Å². The molecule has 0 saturated heterocycles. The Labute approximate surface area is 196 Å². The lowest BCUT2D eigenvalue weighted by molar-refractivity contribution is -0.133. The van der Waals surface area contributed by atoms with Gasteiger partial charge in [-0.25, -0.2) is 5.01 Å². The van der Waals surface area contributed by atoms with Crippen LogP contribution in [0.1, 0.15) is 18.1 Å². The summed E-state index contributed by atoms with van der Waals surface area (Å²) in [6.45, 7) is 1.53. The van der Waals surface area contributed by atoms with Crippen molar-refractivity contribution in [2.24, 2.45) is 10.2 Å². The number of hydrazone groups is 2. The van der Waals surface area contributed by atoms with E-state index in [0.717, 1.165) is 27.6 Å². The largest absolute Gasteiger partial charge is 0.497 e. The summed E-state index contributed by atoms with van der Waals surface area (Å²) in [5, 5.41) is 13.0. The van der Waals surface area contributed by atoms with E-state index >= 15 is 0 Å². The van der Waals surface area contributed by atoms with Crippen LogP contribution in [-0.4, -0.2) is 46.0 Å². The van der Waals surface area contributed by atoms with Crippen LogP contribution in [0.2, 0.25) is 0 Å². The molecule has 0 aliphatic carbocycles. The summed E-state index contributed by atoms with van der Waals surface area (Å²) in [7, 11) is 3.58. The predicted octanol–water partition coefficient (Wildman–Crippen LogP) is 4.38. The fourth-order valence-electron chi connectivity index (χ4n) is 3.96. The molecule has 2 aliphatic rings. The summed E-state index contributed by atoms with van der Waals surface area (Å²) < 4.78 is 5.30. The van der Waals surface area contributed by atoms with Gasteiger partial charge in [-0.15, -0.1) is 5.10 Å². The van der Waals surface area contributed by atoms with Crippen molar-refractivity contribution in [1.29, 1.82) is 0 Å². The molecular weight excluding hydrogens is 434 g/mol. The number of carbonyl (C=O) groups excluding carboxylic acids is 1. The number of methoxy groups -OCH3 is 1. The van der Waals surface area contributed by atoms with Crippen LogP contribution in [0.25, 0.3) is 0 Å². The highest BCUT2D eigenvalue weighted by atomic mass is 32.2. The Kier molecular flexibility index (Phi) is 5.30. The third kappa shape index (κ3) is 3.43. The van der Waals surface area contributed by atoms with Crippen molar-refractivity contribution in [3.63, 3.8) is 0 Å². The van der Waals surface area contributed by atoms with Gasteiger partial charge < -0.3 is 9.64 Å². The van der Waals surface area contributed by atoms with Gasteiger partial charge in [-0.1, -0.05) is 48.5 Å². The lowest BCUT2D eigenvalue weighted by Gasteiger charge is -2.42. The maximum atomic E-state index is 12.9. The Balaban J connectivity index is 1.64. The van der Waals surface area contributed by atoms with Gasteiger partial charge in [-0.2, -0.15) is 10.1 Å². The Morgan fingerprint density at radius 3 is 2.12 bits per heavy atom. The van der Waals surface area contributed by atoms with Gasteiger partial charge >= 0.3 is 0 Å². The molecule has 2 heterocycles. The van der Waals surface area contributed by atoms with Gasteiger partial charge in [-0.05, 0) is 48.2 Å². The zero-order valence-electron chi connectivity index (χ0n) is 18.5. The van der Waals surface area contributed by atoms with E-state index in [1.54, 1.807) is 7.11 Å². The first kappa shape index (κ1) is 21.1. The third-order valence-corrected chi connectivity index (χ3v) is 7.00. The number of amides is 1. The van der Waals surface area contributed by atoms with Gasteiger partial charge in [0.05, 0.1) is 12.8 Å². The van der Waals surface area contributed by atoms with Crippen LogP contribution in [0.3, 0.4) is 0 Å². The molecule has 0 saturated carbocycles. The molecule has 3 aromatic carbocycles. The normalized spacial score (nSPS) is 19.7. The zero-order valence-corrected chi connectivity index (χ0v) is 19.4. The van der Waals surface area contributed by atoms with E-state index in [0.29, 0.717) is 5.84 Å². The van der Waals surface area contributed by atoms with Crippen molar-refractivity contribution in [3.05, 3.63) is 96.1 Å². The first-order valence-corrected chi connectivity index (χ1v) is 11.3. The zero-order chi connectivity index (χ0) is 23.0. The average molecular weight is 458 g/mol. The van der Waals surface area contributed by atoms with Crippen molar-refractivity contribution in [3.8, 4) is 5.75 Å². The number of nitrogens with zero attached hydrogens (tertiary/aromatic N) is 5. The summed E-state index contributed by atoms with van der Waals surface area (Å²) >= 11 is 1.49. The van der Waals surface area contributed by atoms with Crippen molar-refractivity contribution in [2.45, 2.75) is 12.0 Å². The van der Waals surface area contributed by atoms with Gasteiger partial charge in [0.1, 0.15) is 10.8 Å². The molecule has 1 spiro atoms. The second kappa shape index (κ2) is 8.29. The SMILES string of the molecule is COc1ccc(C2=NN(C(C)=O)[C@@]3(SC(c4ccccc4)=NN3c3ccccc3)N2C)cc1. The molecule has 0 unspecified atom stereocenters. The number of carbonyl (C=O) groups is 1. The number of ether oxygens (including phenoxy) is 1. The van der Waals surface area contributed by atoms with Crippen molar-refractivity contribution >= 4 is 34.2 Å². The van der Waals surface area contributed by atoms with E-state index in [4.69, 9.17) is 14.9 Å². The van der Waals surface area contributed by atoms with E-state index in [1.807, 2.05) is 102 Å². The predicted molar refractivity (Wildman–Crippen MR) is 132 cm³/mol. The Morgan fingerprint density at radius 1 is 0.879 bits per heavy atom. The minimum Gasteiger partial charge on any atom is -0.497 e. The summed E-state index contributed by atoms with van der Waals surface area (Å²) in [5.74, 6) is 1.25. The molecule has 0 bridgehead atoms. The molecular formula is C25H23N5O2S. The van der Waals surface area contributed by atoms with E-state index in [1.165, 1.54) is 23.7 Å². The van der Waals surface area contributed by atoms with Crippen molar-refractivity contribution in [2.75, 3.05) is 19.2 Å². The summed E-state index contributed by atoms with van der Waals surface area (Å²) in [6, 6.07) is 27.5. The standard InChI is InChI=1S/C25H23N5O2S/c1-18(31)29-25(28(2)23(26-29)19-14-16-22(32-3)17-15-19)30(21-12-8-5-9-13-21)27-24(33-25)20-10-6-4-7-11-20/h4-17H,1-3H3/t25-/m0/s1. The maximum absolute atomic E-state index is 12.9. The quantitative estimate of drug-likeness (QED) is 0.582. The number of thioether (sulfide) groups is 1. The lowest BCUT2D eigenvalue weighted by atomic mass is 10.2. The molecule has 1 atom stereocenters. The molecule has 0 radical (unpaired) electrons. The van der Waals surface area contributed by atoms with Crippen molar-refractivity contribution < 1.29 is 9.53 Å². The molecule has 0 aromatic heterocycles. The summed E-state index contributed by atoms with van der Waals surface area (Å²) in [5.41, 5.74) is 2.72. The Morgan fingerprint density at radius 2 is 1.52 bits per heavy atom. The number of para-hydroxylation sites is 1. The highest BCUT2D eigenvalue weighted by Gasteiger charge is 2.59. The number of hydrogen-bond donors (Lipinski definition) is 0. The smallest absolute Gasteiger partial charge is 0.291 e. The van der Waals surface area contributed by atoms with Gasteiger partial charge in [0.15, 0.2) is 5.84 Å². The molecule has 166 valence electrons. The molecule has 33 heavy (non-hydrogen) atoms. The van der Waals surface area contributed by atoms with E-state index in [9.17, 15) is 4.79 Å². The molecule has 0 fully saturated rings. The molecule has 0 N–H and O–H groups in total. The van der Waals surface area contributed by atoms with Gasteiger partial charge in [0.25, 0.3) is 5.12 Å². The van der Waals surface area contributed by atoms with Crippen LogP contribution in [0.15, 0.2) is 95.1 Å².